The van der Waals surface area contributed by atoms with Gasteiger partial charge in [-0.2, -0.15) is 8.78 Å². The summed E-state index contributed by atoms with van der Waals surface area (Å²) < 4.78 is 34.3. The lowest BCUT2D eigenvalue weighted by atomic mass is 9.92. The van der Waals surface area contributed by atoms with Crippen LogP contribution >= 0.6 is 0 Å². The molecular formula is C22H30F2N6O2. The van der Waals surface area contributed by atoms with Crippen molar-refractivity contribution >= 4 is 11.7 Å². The highest BCUT2D eigenvalue weighted by Crippen LogP contribution is 2.75. The smallest absolute Gasteiger partial charge is 0.305 e. The number of nitrogens with two attached hydrogens (primary N) is 3. The second-order valence-electron chi connectivity index (χ2n) is 10.1. The average molecular weight is 449 g/mol. The minimum atomic E-state index is -3.01. The van der Waals surface area contributed by atoms with Crippen LogP contribution in [-0.4, -0.2) is 40.6 Å². The number of nitrogens with zero attached hydrogens (tertiary/aromatic N) is 3. The number of halogens is 2. The zero-order valence-corrected chi connectivity index (χ0v) is 18.6. The minimum absolute atomic E-state index is 0.119. The number of hydrazine groups is 1. The molecule has 3 unspecified atom stereocenters. The van der Waals surface area contributed by atoms with E-state index in [0.29, 0.717) is 23.4 Å². The van der Waals surface area contributed by atoms with Crippen molar-refractivity contribution in [1.82, 2.24) is 15.0 Å². The summed E-state index contributed by atoms with van der Waals surface area (Å²) in [4.78, 5) is 20.7. The molecule has 4 aliphatic carbocycles. The molecule has 0 bridgehead atoms. The molecule has 1 heterocycles. The molecule has 8 nitrogen and oxygen atoms in total. The van der Waals surface area contributed by atoms with Crippen molar-refractivity contribution in [2.45, 2.75) is 55.9 Å². The first-order valence-corrected chi connectivity index (χ1v) is 11.0. The van der Waals surface area contributed by atoms with Crippen molar-refractivity contribution in [1.29, 1.82) is 0 Å². The van der Waals surface area contributed by atoms with Gasteiger partial charge in [0.15, 0.2) is 5.82 Å². The largest absolute Gasteiger partial charge is 0.469 e. The van der Waals surface area contributed by atoms with E-state index in [1.54, 1.807) is 7.05 Å². The predicted octanol–water partition coefficient (Wildman–Crippen LogP) is 1.38. The zero-order valence-electron chi connectivity index (χ0n) is 18.6. The summed E-state index contributed by atoms with van der Waals surface area (Å²) in [5.74, 6) is 3.62. The second kappa shape index (κ2) is 6.60. The summed E-state index contributed by atoms with van der Waals surface area (Å²) in [6.07, 6.45) is 3.16. The fourth-order valence-corrected chi connectivity index (χ4v) is 6.71. The van der Waals surface area contributed by atoms with Gasteiger partial charge >= 0.3 is 5.97 Å². The van der Waals surface area contributed by atoms with Crippen LogP contribution in [0.3, 0.4) is 0 Å². The average Bonchev–Trinajstić information content (AvgIpc) is 3.47. The van der Waals surface area contributed by atoms with Gasteiger partial charge < -0.3 is 21.2 Å². The first-order valence-electron chi connectivity index (χ1n) is 11.0. The van der Waals surface area contributed by atoms with Gasteiger partial charge in [0, 0.05) is 36.2 Å². The fraction of sp³-hybridized carbons (Fsp3) is 0.682. The van der Waals surface area contributed by atoms with Gasteiger partial charge in [0.2, 0.25) is 0 Å². The van der Waals surface area contributed by atoms with Gasteiger partial charge in [0.05, 0.1) is 19.2 Å². The van der Waals surface area contributed by atoms with Crippen molar-refractivity contribution in [3.8, 4) is 0 Å². The van der Waals surface area contributed by atoms with Gasteiger partial charge in [-0.1, -0.05) is 6.92 Å². The molecule has 5 rings (SSSR count). The fourth-order valence-electron chi connectivity index (χ4n) is 6.71. The van der Waals surface area contributed by atoms with Gasteiger partial charge in [-0.3, -0.25) is 4.79 Å². The summed E-state index contributed by atoms with van der Waals surface area (Å²) in [6, 6.07) is 0. The van der Waals surface area contributed by atoms with E-state index < -0.39 is 11.5 Å². The lowest BCUT2D eigenvalue weighted by Crippen LogP contribution is -2.31. The Bertz CT molecular complexity index is 1030. The quantitative estimate of drug-likeness (QED) is 0.350. The maximum absolute atomic E-state index is 14.7. The van der Waals surface area contributed by atoms with E-state index in [4.69, 9.17) is 27.0 Å². The van der Waals surface area contributed by atoms with E-state index >= 15 is 0 Å². The molecule has 6 atom stereocenters. The Labute approximate surface area is 185 Å². The summed E-state index contributed by atoms with van der Waals surface area (Å²) in [6.45, 7) is 2.10. The minimum Gasteiger partial charge on any atom is -0.469 e. The van der Waals surface area contributed by atoms with Crippen LogP contribution < -0.4 is 17.3 Å². The second-order valence-corrected chi connectivity index (χ2v) is 10.1. The highest BCUT2D eigenvalue weighted by molar-refractivity contribution is 5.70. The van der Waals surface area contributed by atoms with Crippen LogP contribution in [0.5, 0.6) is 0 Å². The Morgan fingerprint density at radius 1 is 1.28 bits per heavy atom. The highest BCUT2D eigenvalue weighted by atomic mass is 19.3. The molecule has 0 aromatic carbocycles. The summed E-state index contributed by atoms with van der Waals surface area (Å²) in [5, 5.41) is 1.24. The molecule has 0 spiro atoms. The number of carbonyl (C=O) groups is 1. The van der Waals surface area contributed by atoms with Crippen LogP contribution in [0.2, 0.25) is 0 Å². The van der Waals surface area contributed by atoms with E-state index in [0.717, 1.165) is 12.8 Å². The number of fused-ring (bicyclic) bond motifs is 3. The van der Waals surface area contributed by atoms with E-state index in [2.05, 4.69) is 11.9 Å². The number of rotatable bonds is 5. The van der Waals surface area contributed by atoms with Gasteiger partial charge in [0.1, 0.15) is 11.4 Å². The Hall–Kier alpha value is -2.33. The molecule has 174 valence electrons. The summed E-state index contributed by atoms with van der Waals surface area (Å²) in [7, 11) is 2.96. The first-order chi connectivity index (χ1) is 15.0. The van der Waals surface area contributed by atoms with Crippen molar-refractivity contribution in [2.75, 3.05) is 14.2 Å². The molecule has 0 aliphatic heterocycles. The molecule has 32 heavy (non-hydrogen) atoms. The van der Waals surface area contributed by atoms with Crippen LogP contribution in [0.15, 0.2) is 6.20 Å². The lowest BCUT2D eigenvalue weighted by Gasteiger charge is -2.21. The first kappa shape index (κ1) is 21.5. The molecule has 1 aromatic rings. The monoisotopic (exact) mass is 448 g/mol. The predicted molar refractivity (Wildman–Crippen MR) is 112 cm³/mol. The normalized spacial score (nSPS) is 38.4. The molecule has 0 saturated heterocycles. The van der Waals surface area contributed by atoms with E-state index in [-0.39, 0.29) is 59.4 Å². The molecule has 6 N–H and O–H groups in total. The van der Waals surface area contributed by atoms with Crippen LogP contribution in [0.4, 0.5) is 8.78 Å². The van der Waals surface area contributed by atoms with Crippen LogP contribution in [-0.2, 0) is 27.3 Å². The molecule has 1 aromatic heterocycles. The van der Waals surface area contributed by atoms with E-state index in [9.17, 15) is 13.6 Å². The van der Waals surface area contributed by atoms with Gasteiger partial charge in [-0.05, 0) is 42.9 Å². The Kier molecular flexibility index (Phi) is 4.44. The third kappa shape index (κ3) is 2.75. The third-order valence-corrected chi connectivity index (χ3v) is 8.69. The standard InChI is InChI=1S/C22H30F2N6O2/c1-20(11-6-12-13(7-16(31)32-3)21(12,26)8-14(11)20)17-10-4-5-22(23,24)18(10)29-19(28-17)15(9-25)30(2)27/h9,11-14H,4-8,25-27H2,1-3H3/b15-9-/t11?,12-,13-,14?,20?,21+/m0/s1. The molecule has 3 fully saturated rings. The Morgan fingerprint density at radius 2 is 1.97 bits per heavy atom. The van der Waals surface area contributed by atoms with Crippen molar-refractivity contribution in [3.05, 3.63) is 29.0 Å². The number of esters is 1. The SMILES string of the molecule is COC(=O)C[C@H]1[C@@H]2CC3C(C[C@]12N)C3(C)c1nc(/C(=C/N)N(C)N)nc2c1CCC2(F)F. The number of carbonyl (C=O) groups excluding carboxylic acids is 1. The van der Waals surface area contributed by atoms with Crippen LogP contribution in [0.25, 0.3) is 5.70 Å². The summed E-state index contributed by atoms with van der Waals surface area (Å²) in [5.41, 5.74) is 13.0. The van der Waals surface area contributed by atoms with Crippen LogP contribution in [0.1, 0.15) is 55.4 Å². The number of methoxy groups -OCH3 is 1. The Balaban J connectivity index is 1.51. The molecule has 4 aliphatic rings. The molecule has 10 heteroatoms. The third-order valence-electron chi connectivity index (χ3n) is 8.69. The number of hydrogen-bond donors (Lipinski definition) is 3. The number of ether oxygens (including phenoxy) is 1. The summed E-state index contributed by atoms with van der Waals surface area (Å²) >= 11 is 0. The van der Waals surface area contributed by atoms with E-state index in [1.807, 2.05) is 0 Å². The maximum Gasteiger partial charge on any atom is 0.305 e. The van der Waals surface area contributed by atoms with Crippen molar-refractivity contribution in [3.63, 3.8) is 0 Å². The zero-order chi connectivity index (χ0) is 23.2. The van der Waals surface area contributed by atoms with Crippen molar-refractivity contribution < 1.29 is 18.3 Å². The topological polar surface area (TPSA) is 133 Å². The molecule has 3 saturated carbocycles. The molecular weight excluding hydrogens is 418 g/mol. The lowest BCUT2D eigenvalue weighted by molar-refractivity contribution is -0.141. The molecule has 0 amide bonds. The number of aromatic nitrogens is 2. The van der Waals surface area contributed by atoms with Crippen molar-refractivity contribution in [2.24, 2.45) is 41.0 Å². The van der Waals surface area contributed by atoms with Crippen LogP contribution in [0, 0.1) is 23.7 Å². The molecule has 0 radical (unpaired) electrons. The van der Waals surface area contributed by atoms with Gasteiger partial charge in [0.25, 0.3) is 5.92 Å². The van der Waals surface area contributed by atoms with E-state index in [1.165, 1.54) is 18.3 Å². The van der Waals surface area contributed by atoms with Gasteiger partial charge in [-0.25, -0.2) is 15.8 Å². The Morgan fingerprint density at radius 3 is 2.56 bits per heavy atom. The van der Waals surface area contributed by atoms with Gasteiger partial charge in [-0.15, -0.1) is 0 Å². The number of alkyl halides is 2. The number of hydrogen-bond acceptors (Lipinski definition) is 8. The highest BCUT2D eigenvalue weighted by Gasteiger charge is 2.76. The maximum atomic E-state index is 14.7.